The number of carbonyl (C=O) groups is 1. The number of aliphatic hydroxyl groups excluding tert-OH is 1. The third kappa shape index (κ3) is 3.58. The van der Waals surface area contributed by atoms with Gasteiger partial charge in [0, 0.05) is 24.3 Å². The molecule has 2 atom stereocenters. The highest BCUT2D eigenvalue weighted by Crippen LogP contribution is 2.37. The second-order valence-corrected chi connectivity index (χ2v) is 5.55. The van der Waals surface area contributed by atoms with Crippen LogP contribution in [0.25, 0.3) is 11.1 Å². The highest BCUT2D eigenvalue weighted by molar-refractivity contribution is 5.88. The number of benzene rings is 1. The molecule has 3 rings (SSSR count). The maximum atomic E-state index is 11.5. The molecule has 1 heterocycles. The highest BCUT2D eigenvalue weighted by Gasteiger charge is 2.34. The average Bonchev–Trinajstić information content (AvgIpc) is 3.38. The molecular formula is C19H17NO3. The molecule has 1 N–H and O–H groups in total. The summed E-state index contributed by atoms with van der Waals surface area (Å²) < 4.78 is 4.69. The van der Waals surface area contributed by atoms with E-state index in [-0.39, 0.29) is 12.3 Å². The van der Waals surface area contributed by atoms with Crippen molar-refractivity contribution in [2.45, 2.75) is 6.42 Å². The fourth-order valence-corrected chi connectivity index (χ4v) is 2.37. The quantitative estimate of drug-likeness (QED) is 0.699. The minimum atomic E-state index is -0.447. The Morgan fingerprint density at radius 1 is 1.30 bits per heavy atom. The molecule has 0 saturated heterocycles. The van der Waals surface area contributed by atoms with Gasteiger partial charge in [0.15, 0.2) is 0 Å². The Bertz CT molecular complexity index is 771. The molecule has 0 unspecified atom stereocenters. The van der Waals surface area contributed by atoms with Crippen LogP contribution >= 0.6 is 0 Å². The summed E-state index contributed by atoms with van der Waals surface area (Å²) >= 11 is 0. The van der Waals surface area contributed by atoms with E-state index < -0.39 is 5.97 Å². The molecule has 1 fully saturated rings. The molecule has 1 aliphatic rings. The van der Waals surface area contributed by atoms with Crippen LogP contribution in [0.3, 0.4) is 0 Å². The lowest BCUT2D eigenvalue weighted by Crippen LogP contribution is -2.03. The number of hydrogen-bond acceptors (Lipinski definition) is 4. The van der Waals surface area contributed by atoms with E-state index in [9.17, 15) is 4.79 Å². The number of rotatable bonds is 3. The van der Waals surface area contributed by atoms with Crippen LogP contribution < -0.4 is 0 Å². The zero-order valence-corrected chi connectivity index (χ0v) is 12.8. The standard InChI is InChI=1S/C19H17NO3/c1-23-19(22)18-11-16(8-9-20-18)14-5-2-13(3-6-14)4-7-15-10-17(15)12-21/h2-3,5-6,8-9,11,15,17,21H,10,12H2,1H3/t15-,17+/m1/s1. The second-order valence-electron chi connectivity index (χ2n) is 5.55. The zero-order chi connectivity index (χ0) is 16.2. The number of aliphatic hydroxyl groups is 1. The van der Waals surface area contributed by atoms with E-state index >= 15 is 0 Å². The minimum Gasteiger partial charge on any atom is -0.464 e. The van der Waals surface area contributed by atoms with Crippen molar-refractivity contribution in [3.63, 3.8) is 0 Å². The Morgan fingerprint density at radius 3 is 2.74 bits per heavy atom. The van der Waals surface area contributed by atoms with Gasteiger partial charge < -0.3 is 9.84 Å². The molecule has 23 heavy (non-hydrogen) atoms. The molecule has 1 aromatic heterocycles. The number of carbonyl (C=O) groups excluding carboxylic acids is 1. The molecule has 2 aromatic rings. The number of methoxy groups -OCH3 is 1. The van der Waals surface area contributed by atoms with Gasteiger partial charge in [-0.15, -0.1) is 0 Å². The Morgan fingerprint density at radius 2 is 2.09 bits per heavy atom. The van der Waals surface area contributed by atoms with Gasteiger partial charge in [-0.3, -0.25) is 0 Å². The average molecular weight is 307 g/mol. The SMILES string of the molecule is COC(=O)c1cc(-c2ccc(C#C[C@@H]3C[C@H]3CO)cc2)ccn1. The van der Waals surface area contributed by atoms with Crippen LogP contribution in [-0.2, 0) is 4.74 Å². The number of aromatic nitrogens is 1. The van der Waals surface area contributed by atoms with Crippen molar-refractivity contribution in [2.75, 3.05) is 13.7 Å². The molecule has 0 spiro atoms. The molecule has 0 amide bonds. The summed E-state index contributed by atoms with van der Waals surface area (Å²) in [6.45, 7) is 0.225. The highest BCUT2D eigenvalue weighted by atomic mass is 16.5. The summed E-state index contributed by atoms with van der Waals surface area (Å²) in [6, 6.07) is 11.4. The molecule has 4 nitrogen and oxygen atoms in total. The lowest BCUT2D eigenvalue weighted by molar-refractivity contribution is 0.0594. The molecule has 1 aromatic carbocycles. The number of ether oxygens (including phenoxy) is 1. The largest absolute Gasteiger partial charge is 0.464 e. The molecule has 0 radical (unpaired) electrons. The first-order valence-corrected chi connectivity index (χ1v) is 7.48. The van der Waals surface area contributed by atoms with Crippen molar-refractivity contribution in [1.82, 2.24) is 4.98 Å². The molecule has 4 heteroatoms. The van der Waals surface area contributed by atoms with Crippen molar-refractivity contribution >= 4 is 5.97 Å². The van der Waals surface area contributed by atoms with Gasteiger partial charge >= 0.3 is 5.97 Å². The molecule has 0 aliphatic heterocycles. The predicted molar refractivity (Wildman–Crippen MR) is 86.6 cm³/mol. The van der Waals surface area contributed by atoms with Crippen LogP contribution in [0.1, 0.15) is 22.5 Å². The third-order valence-corrected chi connectivity index (χ3v) is 3.93. The summed E-state index contributed by atoms with van der Waals surface area (Å²) in [6.07, 6.45) is 2.59. The Hall–Kier alpha value is -2.64. The number of nitrogens with zero attached hydrogens (tertiary/aromatic N) is 1. The van der Waals surface area contributed by atoms with E-state index in [1.165, 1.54) is 7.11 Å². The third-order valence-electron chi connectivity index (χ3n) is 3.93. The molecular weight excluding hydrogens is 290 g/mol. The maximum Gasteiger partial charge on any atom is 0.356 e. The smallest absolute Gasteiger partial charge is 0.356 e. The van der Waals surface area contributed by atoms with Crippen molar-refractivity contribution in [3.05, 3.63) is 53.9 Å². The van der Waals surface area contributed by atoms with E-state index in [1.54, 1.807) is 12.3 Å². The summed E-state index contributed by atoms with van der Waals surface area (Å²) in [7, 11) is 1.34. The predicted octanol–water partition coefficient (Wildman–Crippen LogP) is 2.52. The van der Waals surface area contributed by atoms with Crippen molar-refractivity contribution in [3.8, 4) is 23.0 Å². The molecule has 0 bridgehead atoms. The first-order valence-electron chi connectivity index (χ1n) is 7.48. The van der Waals surface area contributed by atoms with Crippen LogP contribution in [0, 0.1) is 23.7 Å². The Balaban J connectivity index is 1.76. The normalized spacial score (nSPS) is 18.7. The van der Waals surface area contributed by atoms with Gasteiger partial charge in [0.2, 0.25) is 0 Å². The number of esters is 1. The van der Waals surface area contributed by atoms with Gasteiger partial charge in [-0.2, -0.15) is 0 Å². The first-order chi connectivity index (χ1) is 11.2. The fraction of sp³-hybridized carbons (Fsp3) is 0.263. The summed E-state index contributed by atoms with van der Waals surface area (Å²) in [4.78, 5) is 15.5. The van der Waals surface area contributed by atoms with Gasteiger partial charge in [0.05, 0.1) is 7.11 Å². The Kier molecular flexibility index (Phi) is 4.40. The summed E-state index contributed by atoms with van der Waals surface area (Å²) in [5.74, 6) is 6.57. The lowest BCUT2D eigenvalue weighted by Gasteiger charge is -2.04. The van der Waals surface area contributed by atoms with Crippen LogP contribution in [0.15, 0.2) is 42.6 Å². The maximum absolute atomic E-state index is 11.5. The molecule has 116 valence electrons. The van der Waals surface area contributed by atoms with Gasteiger partial charge in [-0.25, -0.2) is 9.78 Å². The summed E-state index contributed by atoms with van der Waals surface area (Å²) in [5.41, 5.74) is 3.13. The van der Waals surface area contributed by atoms with Crippen LogP contribution in [0.2, 0.25) is 0 Å². The van der Waals surface area contributed by atoms with E-state index in [0.29, 0.717) is 11.8 Å². The van der Waals surface area contributed by atoms with Crippen LogP contribution in [-0.4, -0.2) is 29.8 Å². The number of hydrogen-bond donors (Lipinski definition) is 1. The number of pyridine rings is 1. The van der Waals surface area contributed by atoms with Gasteiger partial charge in [0.25, 0.3) is 0 Å². The van der Waals surface area contributed by atoms with E-state index in [2.05, 4.69) is 21.6 Å². The van der Waals surface area contributed by atoms with E-state index in [0.717, 1.165) is 23.1 Å². The monoisotopic (exact) mass is 307 g/mol. The Labute approximate surface area is 135 Å². The van der Waals surface area contributed by atoms with Gasteiger partial charge in [0.1, 0.15) is 5.69 Å². The fourth-order valence-electron chi connectivity index (χ4n) is 2.37. The first kappa shape index (κ1) is 15.3. The minimum absolute atomic E-state index is 0.225. The lowest BCUT2D eigenvalue weighted by atomic mass is 10.0. The topological polar surface area (TPSA) is 59.4 Å². The summed E-state index contributed by atoms with van der Waals surface area (Å²) in [5, 5.41) is 9.01. The molecule has 1 saturated carbocycles. The van der Waals surface area contributed by atoms with Gasteiger partial charge in [-0.05, 0) is 47.7 Å². The van der Waals surface area contributed by atoms with E-state index in [1.807, 2.05) is 30.3 Å². The van der Waals surface area contributed by atoms with Crippen molar-refractivity contribution in [1.29, 1.82) is 0 Å². The van der Waals surface area contributed by atoms with Gasteiger partial charge in [-0.1, -0.05) is 24.0 Å². The molecule has 1 aliphatic carbocycles. The second kappa shape index (κ2) is 6.64. The zero-order valence-electron chi connectivity index (χ0n) is 12.8. The van der Waals surface area contributed by atoms with E-state index in [4.69, 9.17) is 5.11 Å². The van der Waals surface area contributed by atoms with Crippen molar-refractivity contribution < 1.29 is 14.6 Å². The van der Waals surface area contributed by atoms with Crippen LogP contribution in [0.4, 0.5) is 0 Å². The van der Waals surface area contributed by atoms with Crippen LogP contribution in [0.5, 0.6) is 0 Å². The van der Waals surface area contributed by atoms with Crippen molar-refractivity contribution in [2.24, 2.45) is 11.8 Å².